The SMILES string of the molecule is O=C=Cc1nc(N2CCCCC2)ns1. The van der Waals surface area contributed by atoms with Crippen molar-refractivity contribution < 1.29 is 4.79 Å². The highest BCUT2D eigenvalue weighted by molar-refractivity contribution is 7.06. The number of hydrogen-bond donors (Lipinski definition) is 0. The molecule has 0 spiro atoms. The van der Waals surface area contributed by atoms with Gasteiger partial charge in [-0.1, -0.05) is 0 Å². The molecule has 0 aliphatic carbocycles. The number of nitrogens with zero attached hydrogens (tertiary/aromatic N) is 3. The molecule has 0 amide bonds. The lowest BCUT2D eigenvalue weighted by Gasteiger charge is -2.24. The quantitative estimate of drug-likeness (QED) is 0.690. The molecule has 2 rings (SSSR count). The molecule has 1 aliphatic heterocycles. The smallest absolute Gasteiger partial charge is 0.237 e. The molecular weight excluding hydrogens is 198 g/mol. The molecule has 1 saturated heterocycles. The van der Waals surface area contributed by atoms with Gasteiger partial charge in [-0.25, -0.2) is 4.79 Å². The number of aromatic nitrogens is 2. The third-order valence-electron chi connectivity index (χ3n) is 2.25. The number of carbonyl (C=O) groups excluding carboxylic acids is 1. The minimum atomic E-state index is 0.639. The molecule has 0 saturated carbocycles. The molecule has 2 heterocycles. The summed E-state index contributed by atoms with van der Waals surface area (Å²) in [6.07, 6.45) is 5.03. The first-order valence-corrected chi connectivity index (χ1v) is 5.47. The van der Waals surface area contributed by atoms with Crippen molar-refractivity contribution in [2.75, 3.05) is 18.0 Å². The van der Waals surface area contributed by atoms with E-state index in [0.29, 0.717) is 5.01 Å². The molecular formula is C9H11N3OS. The van der Waals surface area contributed by atoms with E-state index in [1.807, 2.05) is 0 Å². The third-order valence-corrected chi connectivity index (χ3v) is 2.90. The molecule has 0 bridgehead atoms. The van der Waals surface area contributed by atoms with Gasteiger partial charge in [-0.15, -0.1) is 0 Å². The van der Waals surface area contributed by atoms with Crippen molar-refractivity contribution in [1.29, 1.82) is 0 Å². The Balaban J connectivity index is 2.10. The Hall–Kier alpha value is -1.19. The van der Waals surface area contributed by atoms with Gasteiger partial charge >= 0.3 is 0 Å². The fraction of sp³-hybridized carbons (Fsp3) is 0.556. The highest BCUT2D eigenvalue weighted by Crippen LogP contribution is 2.18. The molecule has 1 fully saturated rings. The van der Waals surface area contributed by atoms with Gasteiger partial charge in [-0.2, -0.15) is 9.36 Å². The largest absolute Gasteiger partial charge is 0.340 e. The predicted molar refractivity (Wildman–Crippen MR) is 56.1 cm³/mol. The minimum absolute atomic E-state index is 0.639. The van der Waals surface area contributed by atoms with Crippen molar-refractivity contribution in [3.8, 4) is 0 Å². The Bertz CT molecular complexity index is 351. The fourth-order valence-electron chi connectivity index (χ4n) is 1.56. The summed E-state index contributed by atoms with van der Waals surface area (Å²) in [5.74, 6) is 2.48. The standard InChI is InChI=1S/C9H11N3OS/c13-7-4-8-10-9(11-14-8)12-5-2-1-3-6-12/h4H,1-3,5-6H2. The van der Waals surface area contributed by atoms with Gasteiger partial charge in [0.25, 0.3) is 0 Å². The van der Waals surface area contributed by atoms with Gasteiger partial charge in [0, 0.05) is 13.1 Å². The van der Waals surface area contributed by atoms with E-state index < -0.39 is 0 Å². The van der Waals surface area contributed by atoms with Crippen LogP contribution < -0.4 is 4.90 Å². The molecule has 0 atom stereocenters. The van der Waals surface area contributed by atoms with Gasteiger partial charge in [-0.05, 0) is 30.8 Å². The zero-order chi connectivity index (χ0) is 9.80. The average Bonchev–Trinajstić information content (AvgIpc) is 2.68. The Labute approximate surface area is 86.4 Å². The molecule has 1 aliphatic rings. The first kappa shape index (κ1) is 9.37. The van der Waals surface area contributed by atoms with Crippen LogP contribution in [0.2, 0.25) is 0 Å². The maximum Gasteiger partial charge on any atom is 0.237 e. The van der Waals surface area contributed by atoms with Crippen LogP contribution in [0.5, 0.6) is 0 Å². The molecule has 0 unspecified atom stereocenters. The molecule has 14 heavy (non-hydrogen) atoms. The van der Waals surface area contributed by atoms with Crippen molar-refractivity contribution in [2.45, 2.75) is 19.3 Å². The fourth-order valence-corrected chi connectivity index (χ4v) is 2.11. The molecule has 1 aromatic heterocycles. The summed E-state index contributed by atoms with van der Waals surface area (Å²) in [6.45, 7) is 2.06. The predicted octanol–water partition coefficient (Wildman–Crippen LogP) is 1.37. The zero-order valence-corrected chi connectivity index (χ0v) is 8.59. The van der Waals surface area contributed by atoms with E-state index in [1.165, 1.54) is 36.9 Å². The first-order valence-electron chi connectivity index (χ1n) is 4.70. The number of hydrogen-bond acceptors (Lipinski definition) is 5. The molecule has 5 heteroatoms. The van der Waals surface area contributed by atoms with Crippen LogP contribution in [-0.4, -0.2) is 28.4 Å². The summed E-state index contributed by atoms with van der Waals surface area (Å²) < 4.78 is 4.20. The Kier molecular flexibility index (Phi) is 2.91. The summed E-state index contributed by atoms with van der Waals surface area (Å²) in [5, 5.41) is 0.639. The maximum atomic E-state index is 10.1. The van der Waals surface area contributed by atoms with Gasteiger partial charge in [0.2, 0.25) is 5.95 Å². The van der Waals surface area contributed by atoms with Crippen LogP contribution in [0.3, 0.4) is 0 Å². The molecule has 0 N–H and O–H groups in total. The molecule has 0 radical (unpaired) electrons. The topological polar surface area (TPSA) is 46.1 Å². The van der Waals surface area contributed by atoms with Crippen molar-refractivity contribution >= 4 is 29.5 Å². The molecule has 1 aromatic rings. The van der Waals surface area contributed by atoms with Crippen LogP contribution in [0.15, 0.2) is 0 Å². The summed E-state index contributed by atoms with van der Waals surface area (Å²) in [5.41, 5.74) is 0. The summed E-state index contributed by atoms with van der Waals surface area (Å²) in [4.78, 5) is 16.5. The highest BCUT2D eigenvalue weighted by Gasteiger charge is 2.14. The van der Waals surface area contributed by atoms with Gasteiger partial charge in [0.05, 0.1) is 6.08 Å². The monoisotopic (exact) mass is 209 g/mol. The van der Waals surface area contributed by atoms with E-state index >= 15 is 0 Å². The van der Waals surface area contributed by atoms with Crippen LogP contribution in [-0.2, 0) is 4.79 Å². The normalized spacial score (nSPS) is 16.4. The highest BCUT2D eigenvalue weighted by atomic mass is 32.1. The second kappa shape index (κ2) is 4.35. The van der Waals surface area contributed by atoms with E-state index in [-0.39, 0.29) is 0 Å². The minimum Gasteiger partial charge on any atom is -0.340 e. The number of rotatable bonds is 2. The summed E-state index contributed by atoms with van der Waals surface area (Å²) >= 11 is 1.25. The summed E-state index contributed by atoms with van der Waals surface area (Å²) in [7, 11) is 0. The van der Waals surface area contributed by atoms with E-state index in [0.717, 1.165) is 19.0 Å². The van der Waals surface area contributed by atoms with Gasteiger partial charge in [0.15, 0.2) is 0 Å². The second-order valence-corrected chi connectivity index (χ2v) is 4.03. The zero-order valence-electron chi connectivity index (χ0n) is 7.77. The molecule has 74 valence electrons. The van der Waals surface area contributed by atoms with Crippen LogP contribution in [0.1, 0.15) is 24.3 Å². The van der Waals surface area contributed by atoms with Gasteiger partial charge < -0.3 is 4.90 Å². The van der Waals surface area contributed by atoms with Gasteiger partial charge in [-0.3, -0.25) is 0 Å². The maximum absolute atomic E-state index is 10.1. The van der Waals surface area contributed by atoms with Crippen LogP contribution in [0, 0.1) is 0 Å². The van der Waals surface area contributed by atoms with Crippen molar-refractivity contribution in [1.82, 2.24) is 9.36 Å². The van der Waals surface area contributed by atoms with E-state index in [9.17, 15) is 4.79 Å². The van der Waals surface area contributed by atoms with E-state index in [2.05, 4.69) is 14.3 Å². The van der Waals surface area contributed by atoms with Crippen molar-refractivity contribution in [3.63, 3.8) is 0 Å². The number of anilines is 1. The van der Waals surface area contributed by atoms with Crippen LogP contribution >= 0.6 is 11.5 Å². The van der Waals surface area contributed by atoms with Crippen LogP contribution in [0.25, 0.3) is 6.08 Å². The lowest BCUT2D eigenvalue weighted by atomic mass is 10.1. The van der Waals surface area contributed by atoms with Crippen LogP contribution in [0.4, 0.5) is 5.95 Å². The van der Waals surface area contributed by atoms with E-state index in [4.69, 9.17) is 0 Å². The van der Waals surface area contributed by atoms with E-state index in [1.54, 1.807) is 5.94 Å². The lowest BCUT2D eigenvalue weighted by Crippen LogP contribution is -2.30. The Morgan fingerprint density at radius 2 is 2.14 bits per heavy atom. The third kappa shape index (κ3) is 2.00. The lowest BCUT2D eigenvalue weighted by molar-refractivity contribution is 0.569. The molecule has 4 nitrogen and oxygen atoms in total. The second-order valence-electron chi connectivity index (χ2n) is 3.24. The van der Waals surface area contributed by atoms with Gasteiger partial charge in [0.1, 0.15) is 10.9 Å². The van der Waals surface area contributed by atoms with Crippen molar-refractivity contribution in [3.05, 3.63) is 5.01 Å². The number of piperidine rings is 1. The Morgan fingerprint density at radius 3 is 2.86 bits per heavy atom. The average molecular weight is 209 g/mol. The first-order chi connectivity index (χ1) is 6.90. The van der Waals surface area contributed by atoms with Crippen molar-refractivity contribution in [2.24, 2.45) is 0 Å². The summed E-state index contributed by atoms with van der Waals surface area (Å²) in [6, 6.07) is 0. The molecule has 0 aromatic carbocycles. The Morgan fingerprint density at radius 1 is 1.36 bits per heavy atom.